The van der Waals surface area contributed by atoms with Gasteiger partial charge in [-0.2, -0.15) is 0 Å². The fraction of sp³-hybridized carbons (Fsp3) is 0. The summed E-state index contributed by atoms with van der Waals surface area (Å²) in [5.41, 5.74) is 1.73. The summed E-state index contributed by atoms with van der Waals surface area (Å²) < 4.78 is 4.11. The summed E-state index contributed by atoms with van der Waals surface area (Å²) in [5.74, 6) is 0. The molecule has 0 bridgehead atoms. The average Bonchev–Trinajstić information content (AvgIpc) is 1.41. The van der Waals surface area contributed by atoms with Gasteiger partial charge in [-0.15, -0.1) is 4.99 Å². The molecule has 0 saturated carbocycles. The molecule has 0 fully saturated rings. The quantitative estimate of drug-likeness (QED) is 0.241. The van der Waals surface area contributed by atoms with E-state index in [-0.39, 0.29) is 0 Å². The van der Waals surface area contributed by atoms with Crippen LogP contribution in [0.4, 0.5) is 0 Å². The Morgan fingerprint density at radius 2 is 2.40 bits per heavy atom. The van der Waals surface area contributed by atoms with Crippen molar-refractivity contribution in [3.8, 4) is 0 Å². The third kappa shape index (κ3) is 4.06. The van der Waals surface area contributed by atoms with E-state index in [4.69, 9.17) is 5.26 Å². The minimum absolute atomic E-state index is 0.503. The van der Waals surface area contributed by atoms with Crippen LogP contribution < -0.4 is 5.64 Å². The monoisotopic (exact) mass is 95.0 g/mol. The first kappa shape index (κ1) is 5.06. The lowest BCUT2D eigenvalue weighted by Gasteiger charge is -1.88. The first-order chi connectivity index (χ1) is 2.41. The second kappa shape index (κ2) is 4.06. The minimum Gasteiger partial charge on any atom is -0.333 e. The SMILES string of the molecule is OONO[SiH3]. The van der Waals surface area contributed by atoms with Gasteiger partial charge >= 0.3 is 0 Å². The highest BCUT2D eigenvalue weighted by molar-refractivity contribution is 5.97. The molecule has 0 heterocycles. The highest BCUT2D eigenvalue weighted by Gasteiger charge is 1.60. The molecular formula is H5NO3Si. The van der Waals surface area contributed by atoms with Gasteiger partial charge < -0.3 is 4.53 Å². The summed E-state index contributed by atoms with van der Waals surface area (Å²) in [6.07, 6.45) is 0. The zero-order valence-corrected chi connectivity index (χ0v) is 4.76. The molecule has 0 aliphatic rings. The molecule has 0 spiro atoms. The molecule has 0 amide bonds. The van der Waals surface area contributed by atoms with Gasteiger partial charge in [0.05, 0.1) is 0 Å². The highest BCUT2D eigenvalue weighted by atomic mass is 28.2. The lowest BCUT2D eigenvalue weighted by Crippen LogP contribution is -2.09. The highest BCUT2D eigenvalue weighted by Crippen LogP contribution is 1.43. The Morgan fingerprint density at radius 3 is 2.40 bits per heavy atom. The van der Waals surface area contributed by atoms with E-state index in [2.05, 4.69) is 9.52 Å². The Labute approximate surface area is 32.1 Å². The van der Waals surface area contributed by atoms with Gasteiger partial charge in [-0.1, -0.05) is 5.64 Å². The van der Waals surface area contributed by atoms with Crippen molar-refractivity contribution < 1.29 is 14.8 Å². The fourth-order valence-corrected chi connectivity index (χ4v) is 0.112. The molecule has 0 saturated heterocycles. The van der Waals surface area contributed by atoms with Gasteiger partial charge in [-0.25, -0.2) is 5.26 Å². The van der Waals surface area contributed by atoms with Crippen LogP contribution in [0.25, 0.3) is 0 Å². The van der Waals surface area contributed by atoms with E-state index in [9.17, 15) is 0 Å². The van der Waals surface area contributed by atoms with Crippen LogP contribution >= 0.6 is 0 Å². The molecule has 5 heavy (non-hydrogen) atoms. The predicted octanol–water partition coefficient (Wildman–Crippen LogP) is -1.81. The standard InChI is InChI=1S/H5NO3Si/c2-3-1-4-5/h1-2H,5H3. The molecule has 32 valence electrons. The normalized spacial score (nSPS) is 9.00. The molecule has 4 nitrogen and oxygen atoms in total. The molecule has 0 unspecified atom stereocenters. The summed E-state index contributed by atoms with van der Waals surface area (Å²) in [7, 11) is 0.503. The van der Waals surface area contributed by atoms with Gasteiger partial charge in [0, 0.05) is 0 Å². The Balaban J connectivity index is 2.19. The molecule has 0 rings (SSSR count). The third-order valence-corrected chi connectivity index (χ3v) is 0.287. The molecule has 0 aromatic heterocycles. The molecule has 0 aliphatic heterocycles. The van der Waals surface area contributed by atoms with Crippen LogP contribution in [0, 0.1) is 0 Å². The van der Waals surface area contributed by atoms with Crippen LogP contribution in [-0.4, -0.2) is 15.7 Å². The van der Waals surface area contributed by atoms with Gasteiger partial charge in [0.2, 0.25) is 0 Å². The first-order valence-electron chi connectivity index (χ1n) is 0.999. The van der Waals surface area contributed by atoms with Crippen LogP contribution in [0.15, 0.2) is 0 Å². The van der Waals surface area contributed by atoms with Crippen molar-refractivity contribution in [3.05, 3.63) is 0 Å². The molecule has 5 heteroatoms. The van der Waals surface area contributed by atoms with Crippen molar-refractivity contribution in [3.63, 3.8) is 0 Å². The maximum atomic E-state index is 7.35. The molecule has 0 aromatic rings. The van der Waals surface area contributed by atoms with E-state index < -0.39 is 0 Å². The maximum Gasteiger partial charge on any atom is 0.178 e. The number of nitrogens with one attached hydrogen (secondary N) is 1. The van der Waals surface area contributed by atoms with Crippen molar-refractivity contribution >= 4 is 10.5 Å². The Bertz CT molecular complexity index is 14.4. The lowest BCUT2D eigenvalue weighted by molar-refractivity contribution is -0.346. The van der Waals surface area contributed by atoms with Crippen molar-refractivity contribution in [2.45, 2.75) is 0 Å². The Morgan fingerprint density at radius 1 is 1.80 bits per heavy atom. The van der Waals surface area contributed by atoms with Gasteiger partial charge in [0.1, 0.15) is 0 Å². The second-order valence-corrected chi connectivity index (χ2v) is 0.787. The smallest absolute Gasteiger partial charge is 0.178 e. The summed E-state index contributed by atoms with van der Waals surface area (Å²) in [5, 5.41) is 7.35. The first-order valence-corrected chi connectivity index (χ1v) is 1.82. The molecular weight excluding hydrogens is 90.1 g/mol. The zero-order valence-electron chi connectivity index (χ0n) is 2.76. The fourth-order valence-electron chi connectivity index (χ4n) is 0.0373. The van der Waals surface area contributed by atoms with Crippen LogP contribution in [0.1, 0.15) is 0 Å². The maximum absolute atomic E-state index is 7.35. The van der Waals surface area contributed by atoms with E-state index >= 15 is 0 Å². The number of rotatable bonds is 2. The van der Waals surface area contributed by atoms with Gasteiger partial charge in [0.25, 0.3) is 0 Å². The van der Waals surface area contributed by atoms with Gasteiger partial charge in [0.15, 0.2) is 10.5 Å². The van der Waals surface area contributed by atoms with E-state index in [1.54, 1.807) is 5.64 Å². The van der Waals surface area contributed by atoms with Crippen molar-refractivity contribution in [1.82, 2.24) is 5.64 Å². The number of hydrogen-bond donors (Lipinski definition) is 2. The van der Waals surface area contributed by atoms with Gasteiger partial charge in [-0.3, -0.25) is 0 Å². The van der Waals surface area contributed by atoms with E-state index in [0.717, 1.165) is 0 Å². The van der Waals surface area contributed by atoms with Crippen molar-refractivity contribution in [2.75, 3.05) is 0 Å². The minimum atomic E-state index is 0.503. The lowest BCUT2D eigenvalue weighted by atomic mass is 13.2. The van der Waals surface area contributed by atoms with Crippen molar-refractivity contribution in [1.29, 1.82) is 0 Å². The van der Waals surface area contributed by atoms with Crippen LogP contribution in [0.3, 0.4) is 0 Å². The molecule has 2 N–H and O–H groups in total. The van der Waals surface area contributed by atoms with Crippen LogP contribution in [0.2, 0.25) is 0 Å². The molecule has 0 radical (unpaired) electrons. The van der Waals surface area contributed by atoms with Crippen molar-refractivity contribution in [2.24, 2.45) is 0 Å². The average molecular weight is 95.1 g/mol. The third-order valence-electron chi connectivity index (χ3n) is 0.121. The Kier molecular flexibility index (Phi) is 4.10. The predicted molar refractivity (Wildman–Crippen MR) is 17.9 cm³/mol. The number of hydrogen-bond acceptors (Lipinski definition) is 4. The molecule has 0 aliphatic carbocycles. The van der Waals surface area contributed by atoms with Crippen LogP contribution in [-0.2, 0) is 9.52 Å². The molecule has 0 atom stereocenters. The summed E-state index contributed by atoms with van der Waals surface area (Å²) in [6.45, 7) is 0. The zero-order chi connectivity index (χ0) is 4.12. The summed E-state index contributed by atoms with van der Waals surface area (Å²) >= 11 is 0. The summed E-state index contributed by atoms with van der Waals surface area (Å²) in [4.78, 5) is 3.25. The molecule has 0 aromatic carbocycles. The topological polar surface area (TPSA) is 50.7 Å². The van der Waals surface area contributed by atoms with E-state index in [0.29, 0.717) is 10.5 Å². The van der Waals surface area contributed by atoms with E-state index in [1.165, 1.54) is 0 Å². The second-order valence-electron chi connectivity index (χ2n) is 0.379. The van der Waals surface area contributed by atoms with E-state index in [1.807, 2.05) is 0 Å². The van der Waals surface area contributed by atoms with Crippen LogP contribution in [0.5, 0.6) is 0 Å². The largest absolute Gasteiger partial charge is 0.333 e. The Hall–Kier alpha value is 0.0569. The van der Waals surface area contributed by atoms with Gasteiger partial charge in [-0.05, 0) is 0 Å². The summed E-state index contributed by atoms with van der Waals surface area (Å²) in [6, 6.07) is 0.